The van der Waals surface area contributed by atoms with Crippen LogP contribution in [0.5, 0.6) is 0 Å². The van der Waals surface area contributed by atoms with E-state index >= 15 is 0 Å². The lowest BCUT2D eigenvalue weighted by molar-refractivity contribution is -0.142. The summed E-state index contributed by atoms with van der Waals surface area (Å²) in [5.41, 5.74) is 12.8. The third-order valence-corrected chi connectivity index (χ3v) is 6.10. The lowest BCUT2D eigenvalue weighted by Crippen LogP contribution is -2.42. The zero-order chi connectivity index (χ0) is 26.1. The van der Waals surface area contributed by atoms with Crippen LogP contribution in [0.15, 0.2) is 79.0 Å². The molecule has 1 aliphatic heterocycles. The van der Waals surface area contributed by atoms with E-state index in [1.165, 1.54) is 18.3 Å². The van der Waals surface area contributed by atoms with Gasteiger partial charge in [0.05, 0.1) is 11.7 Å². The number of amides is 1. The van der Waals surface area contributed by atoms with E-state index in [1.54, 1.807) is 0 Å². The summed E-state index contributed by atoms with van der Waals surface area (Å²) in [6.45, 7) is 1.09. The summed E-state index contributed by atoms with van der Waals surface area (Å²) in [6.07, 6.45) is 2.16. The molecular formula is C27H31N5O4. The molecule has 2 heterocycles. The second-order valence-corrected chi connectivity index (χ2v) is 8.57. The van der Waals surface area contributed by atoms with Crippen molar-refractivity contribution in [1.82, 2.24) is 9.88 Å². The van der Waals surface area contributed by atoms with Crippen molar-refractivity contribution in [2.75, 3.05) is 13.1 Å². The molecule has 0 saturated carbocycles. The number of rotatable bonds is 8. The molecule has 1 saturated heterocycles. The van der Waals surface area contributed by atoms with Gasteiger partial charge in [-0.2, -0.15) is 0 Å². The van der Waals surface area contributed by atoms with Gasteiger partial charge in [-0.05, 0) is 42.6 Å². The number of aliphatic carboxylic acids is 1. The maximum absolute atomic E-state index is 11.4. The summed E-state index contributed by atoms with van der Waals surface area (Å²) in [5.74, 6) is -1.64. The number of carboxylic acid groups (broad SMARTS) is 1. The number of primary amides is 1. The lowest BCUT2D eigenvalue weighted by Gasteiger charge is -2.29. The van der Waals surface area contributed by atoms with Crippen molar-refractivity contribution in [2.45, 2.75) is 30.9 Å². The summed E-state index contributed by atoms with van der Waals surface area (Å²) in [7, 11) is 0. The Kier molecular flexibility index (Phi) is 9.26. The number of nitrogen functional groups attached to an aromatic ring is 1. The number of nitrogens with one attached hydrogen (secondary N) is 1. The number of benzene rings is 2. The zero-order valence-electron chi connectivity index (χ0n) is 19.8. The maximum atomic E-state index is 11.4. The van der Waals surface area contributed by atoms with Gasteiger partial charge in [0.25, 0.3) is 0 Å². The number of β-amino-alcohol motifs (C(OH)–C–C–N with tert-alkyl or cyclic N) is 1. The molecule has 1 amide bonds. The second kappa shape index (κ2) is 12.6. The van der Waals surface area contributed by atoms with Gasteiger partial charge in [0, 0.05) is 18.7 Å². The standard InChI is InChI=1S/C20H23NO3.C7H8N4O/c22-18(14-21-13-7-12-17(21)20(23)24)19(15-8-3-1-4-9-15)16-10-5-2-6-11-16;8-6(9)5-2-1-4(3-11-5)7(10)12/h1-6,8-11,17-19,22H,7,12-14H2,(H,23,24);1-3H,(H3,8,9)(H2,10,12)/t17-,18?;/m0./s1. The Morgan fingerprint density at radius 2 is 1.58 bits per heavy atom. The highest BCUT2D eigenvalue weighted by Gasteiger charge is 2.34. The number of likely N-dealkylation sites (tertiary alicyclic amines) is 1. The van der Waals surface area contributed by atoms with Gasteiger partial charge in [-0.1, -0.05) is 60.7 Å². The van der Waals surface area contributed by atoms with Gasteiger partial charge >= 0.3 is 5.97 Å². The Bertz CT molecular complexity index is 1080. The van der Waals surface area contributed by atoms with Crippen LogP contribution in [-0.4, -0.2) is 63.0 Å². The number of nitrogens with two attached hydrogens (primary N) is 2. The molecule has 188 valence electrons. The number of aromatic nitrogens is 1. The van der Waals surface area contributed by atoms with Crippen LogP contribution in [0, 0.1) is 5.41 Å². The summed E-state index contributed by atoms with van der Waals surface area (Å²) >= 11 is 0. The molecule has 0 spiro atoms. The predicted molar refractivity (Wildman–Crippen MR) is 137 cm³/mol. The Labute approximate surface area is 209 Å². The molecule has 4 rings (SSSR count). The molecule has 0 radical (unpaired) electrons. The number of hydrogen-bond donors (Lipinski definition) is 5. The first-order valence-corrected chi connectivity index (χ1v) is 11.6. The topological polar surface area (TPSA) is 167 Å². The SMILES string of the molecule is N=C(N)c1ccc(C(N)=O)cn1.O=C(O)[C@@H]1CCCN1CC(O)C(c1ccccc1)c1ccccc1. The van der Waals surface area contributed by atoms with Crippen LogP contribution in [0.2, 0.25) is 0 Å². The number of aliphatic hydroxyl groups excluding tert-OH is 1. The number of carboxylic acids is 1. The fourth-order valence-corrected chi connectivity index (χ4v) is 4.33. The van der Waals surface area contributed by atoms with Crippen LogP contribution in [0.4, 0.5) is 0 Å². The molecule has 2 atom stereocenters. The van der Waals surface area contributed by atoms with E-state index < -0.39 is 24.0 Å². The van der Waals surface area contributed by atoms with Crippen LogP contribution in [0.1, 0.15) is 45.9 Å². The van der Waals surface area contributed by atoms with Crippen molar-refractivity contribution in [3.63, 3.8) is 0 Å². The van der Waals surface area contributed by atoms with Crippen molar-refractivity contribution in [3.8, 4) is 0 Å². The van der Waals surface area contributed by atoms with Gasteiger partial charge in [0.1, 0.15) is 17.6 Å². The normalized spacial score (nSPS) is 16.1. The molecule has 0 aliphatic carbocycles. The third kappa shape index (κ3) is 6.97. The number of hydrogen-bond acceptors (Lipinski definition) is 6. The molecule has 1 fully saturated rings. The number of pyridine rings is 1. The van der Waals surface area contributed by atoms with Gasteiger partial charge in [-0.15, -0.1) is 0 Å². The molecule has 1 unspecified atom stereocenters. The summed E-state index contributed by atoms with van der Waals surface area (Å²) in [5, 5.41) is 27.3. The fourth-order valence-electron chi connectivity index (χ4n) is 4.33. The minimum Gasteiger partial charge on any atom is -0.480 e. The molecule has 1 aliphatic rings. The van der Waals surface area contributed by atoms with Gasteiger partial charge in [-0.3, -0.25) is 24.9 Å². The van der Waals surface area contributed by atoms with Crippen LogP contribution in [0.3, 0.4) is 0 Å². The smallest absolute Gasteiger partial charge is 0.320 e. The van der Waals surface area contributed by atoms with Crippen molar-refractivity contribution in [3.05, 3.63) is 101 Å². The largest absolute Gasteiger partial charge is 0.480 e. The summed E-state index contributed by atoms with van der Waals surface area (Å²) < 4.78 is 0. The minimum absolute atomic E-state index is 0.133. The number of aliphatic hydroxyl groups is 1. The Morgan fingerprint density at radius 3 is 2.03 bits per heavy atom. The van der Waals surface area contributed by atoms with Crippen molar-refractivity contribution < 1.29 is 19.8 Å². The van der Waals surface area contributed by atoms with Gasteiger partial charge in [0.2, 0.25) is 5.91 Å². The van der Waals surface area contributed by atoms with Gasteiger partial charge < -0.3 is 21.7 Å². The molecule has 9 nitrogen and oxygen atoms in total. The quantitative estimate of drug-likeness (QED) is 0.239. The molecule has 7 N–H and O–H groups in total. The van der Waals surface area contributed by atoms with Crippen molar-refractivity contribution in [1.29, 1.82) is 5.41 Å². The summed E-state index contributed by atoms with van der Waals surface area (Å²) in [4.78, 5) is 27.6. The highest BCUT2D eigenvalue weighted by Crippen LogP contribution is 2.30. The molecular weight excluding hydrogens is 458 g/mol. The number of amidine groups is 1. The van der Waals surface area contributed by atoms with Crippen molar-refractivity contribution >= 4 is 17.7 Å². The van der Waals surface area contributed by atoms with E-state index in [2.05, 4.69) is 4.98 Å². The van der Waals surface area contributed by atoms with Crippen LogP contribution in [-0.2, 0) is 4.79 Å². The highest BCUT2D eigenvalue weighted by atomic mass is 16.4. The first kappa shape index (κ1) is 26.5. The van der Waals surface area contributed by atoms with E-state index in [0.29, 0.717) is 24.2 Å². The van der Waals surface area contributed by atoms with E-state index in [1.807, 2.05) is 65.6 Å². The van der Waals surface area contributed by atoms with Crippen molar-refractivity contribution in [2.24, 2.45) is 11.5 Å². The maximum Gasteiger partial charge on any atom is 0.320 e. The highest BCUT2D eigenvalue weighted by molar-refractivity contribution is 5.95. The Hall–Kier alpha value is -4.08. The molecule has 3 aromatic rings. The molecule has 2 aromatic carbocycles. The Morgan fingerprint density at radius 1 is 1.00 bits per heavy atom. The van der Waals surface area contributed by atoms with E-state index in [4.69, 9.17) is 16.9 Å². The third-order valence-electron chi connectivity index (χ3n) is 6.10. The number of nitrogens with zero attached hydrogens (tertiary/aromatic N) is 2. The number of carbonyl (C=O) groups excluding carboxylic acids is 1. The van der Waals surface area contributed by atoms with Crippen LogP contribution in [0.25, 0.3) is 0 Å². The van der Waals surface area contributed by atoms with E-state index in [-0.39, 0.29) is 11.8 Å². The molecule has 1 aromatic heterocycles. The molecule has 9 heteroatoms. The summed E-state index contributed by atoms with van der Waals surface area (Å²) in [6, 6.07) is 22.3. The predicted octanol–water partition coefficient (Wildman–Crippen LogP) is 2.19. The first-order valence-electron chi connectivity index (χ1n) is 11.6. The second-order valence-electron chi connectivity index (χ2n) is 8.57. The Balaban J connectivity index is 0.000000253. The van der Waals surface area contributed by atoms with Gasteiger partial charge in [-0.25, -0.2) is 0 Å². The van der Waals surface area contributed by atoms with E-state index in [9.17, 15) is 19.8 Å². The fraction of sp³-hybridized carbons (Fsp3) is 0.259. The average molecular weight is 490 g/mol. The first-order chi connectivity index (χ1) is 17.3. The van der Waals surface area contributed by atoms with Gasteiger partial charge in [0.15, 0.2) is 0 Å². The zero-order valence-corrected chi connectivity index (χ0v) is 19.8. The van der Waals surface area contributed by atoms with E-state index in [0.717, 1.165) is 24.1 Å². The minimum atomic E-state index is -0.796. The average Bonchev–Trinajstić information content (AvgIpc) is 3.34. The monoisotopic (exact) mass is 489 g/mol. The lowest BCUT2D eigenvalue weighted by atomic mass is 9.86. The molecule has 0 bridgehead atoms. The van der Waals surface area contributed by atoms with Crippen LogP contribution < -0.4 is 11.5 Å². The molecule has 36 heavy (non-hydrogen) atoms. The number of carbonyl (C=O) groups is 2. The van der Waals surface area contributed by atoms with Crippen LogP contribution >= 0.6 is 0 Å².